The molecule has 0 aromatic heterocycles. The minimum Gasteiger partial charge on any atom is -0.373 e. The second kappa shape index (κ2) is 6.04. The van der Waals surface area contributed by atoms with Gasteiger partial charge >= 0.3 is 0 Å². The lowest BCUT2D eigenvalue weighted by Gasteiger charge is -2.38. The maximum absolute atomic E-state index is 6.32. The van der Waals surface area contributed by atoms with Gasteiger partial charge in [0, 0.05) is 25.7 Å². The van der Waals surface area contributed by atoms with Crippen molar-refractivity contribution in [2.45, 2.75) is 38.8 Å². The van der Waals surface area contributed by atoms with E-state index < -0.39 is 0 Å². The molecule has 1 atom stereocenters. The van der Waals surface area contributed by atoms with E-state index in [1.807, 2.05) is 0 Å². The Morgan fingerprint density at radius 3 is 2.79 bits per heavy atom. The standard InChI is InChI=1S/C16H26N2O/c1-13-6-4-5-7-14(13)15(17)8-9-18-10-11-19-16(2,3)12-18/h4-7,15H,8-12,17H2,1-3H3. The fraction of sp³-hybridized carbons (Fsp3) is 0.625. The fourth-order valence-corrected chi connectivity index (χ4v) is 2.79. The molecule has 3 nitrogen and oxygen atoms in total. The van der Waals surface area contributed by atoms with Gasteiger partial charge in [0.25, 0.3) is 0 Å². The summed E-state index contributed by atoms with van der Waals surface area (Å²) in [5.41, 5.74) is 8.86. The molecule has 1 aliphatic rings. The molecular formula is C16H26N2O. The molecule has 19 heavy (non-hydrogen) atoms. The molecule has 1 saturated heterocycles. The fourth-order valence-electron chi connectivity index (χ4n) is 2.79. The van der Waals surface area contributed by atoms with Crippen LogP contribution in [0.4, 0.5) is 0 Å². The third-order valence-corrected chi connectivity index (χ3v) is 3.85. The SMILES string of the molecule is Cc1ccccc1C(N)CCN1CCOC(C)(C)C1. The summed E-state index contributed by atoms with van der Waals surface area (Å²) < 4.78 is 5.73. The summed E-state index contributed by atoms with van der Waals surface area (Å²) in [7, 11) is 0. The van der Waals surface area contributed by atoms with Crippen LogP contribution >= 0.6 is 0 Å². The predicted octanol–water partition coefficient (Wildman–Crippen LogP) is 2.50. The summed E-state index contributed by atoms with van der Waals surface area (Å²) in [5, 5.41) is 0. The molecule has 106 valence electrons. The van der Waals surface area contributed by atoms with Crippen molar-refractivity contribution in [2.24, 2.45) is 5.73 Å². The summed E-state index contributed by atoms with van der Waals surface area (Å²) in [4.78, 5) is 2.46. The Kier molecular flexibility index (Phi) is 4.61. The molecule has 2 rings (SSSR count). The topological polar surface area (TPSA) is 38.5 Å². The Morgan fingerprint density at radius 2 is 2.11 bits per heavy atom. The second-order valence-corrected chi connectivity index (χ2v) is 6.14. The minimum absolute atomic E-state index is 0.0228. The minimum atomic E-state index is -0.0228. The van der Waals surface area contributed by atoms with E-state index in [1.54, 1.807) is 0 Å². The first-order chi connectivity index (χ1) is 8.98. The van der Waals surface area contributed by atoms with Crippen LogP contribution in [0.3, 0.4) is 0 Å². The Balaban J connectivity index is 1.87. The Morgan fingerprint density at radius 1 is 1.37 bits per heavy atom. The third-order valence-electron chi connectivity index (χ3n) is 3.85. The molecule has 3 heteroatoms. The molecule has 0 amide bonds. The van der Waals surface area contributed by atoms with Crippen molar-refractivity contribution in [2.75, 3.05) is 26.2 Å². The smallest absolute Gasteiger partial charge is 0.0753 e. The quantitative estimate of drug-likeness (QED) is 0.906. The number of nitrogens with zero attached hydrogens (tertiary/aromatic N) is 1. The zero-order valence-corrected chi connectivity index (χ0v) is 12.4. The molecule has 2 N–H and O–H groups in total. The van der Waals surface area contributed by atoms with E-state index in [2.05, 4.69) is 49.9 Å². The van der Waals surface area contributed by atoms with Gasteiger partial charge in [-0.3, -0.25) is 4.90 Å². The van der Waals surface area contributed by atoms with Gasteiger partial charge in [-0.15, -0.1) is 0 Å². The lowest BCUT2D eigenvalue weighted by Crippen LogP contribution is -2.48. The maximum atomic E-state index is 6.32. The van der Waals surface area contributed by atoms with Crippen LogP contribution in [0.2, 0.25) is 0 Å². The number of aryl methyl sites for hydroxylation is 1. The van der Waals surface area contributed by atoms with Gasteiger partial charge in [0.15, 0.2) is 0 Å². The van der Waals surface area contributed by atoms with Crippen LogP contribution in [0.1, 0.15) is 37.4 Å². The van der Waals surface area contributed by atoms with Gasteiger partial charge in [0.05, 0.1) is 12.2 Å². The summed E-state index contributed by atoms with van der Waals surface area (Å²) in [6.07, 6.45) is 1.00. The van der Waals surface area contributed by atoms with Crippen LogP contribution in [0, 0.1) is 6.92 Å². The summed E-state index contributed by atoms with van der Waals surface area (Å²) in [6.45, 7) is 10.3. The van der Waals surface area contributed by atoms with Crippen molar-refractivity contribution in [3.63, 3.8) is 0 Å². The monoisotopic (exact) mass is 262 g/mol. The highest BCUT2D eigenvalue weighted by Gasteiger charge is 2.27. The average Bonchev–Trinajstić information content (AvgIpc) is 2.35. The Bertz CT molecular complexity index is 417. The largest absolute Gasteiger partial charge is 0.373 e. The highest BCUT2D eigenvalue weighted by molar-refractivity contribution is 5.28. The second-order valence-electron chi connectivity index (χ2n) is 6.14. The molecule has 0 spiro atoms. The number of nitrogens with two attached hydrogens (primary N) is 1. The number of morpholine rings is 1. The molecule has 0 saturated carbocycles. The summed E-state index contributed by atoms with van der Waals surface area (Å²) >= 11 is 0. The van der Waals surface area contributed by atoms with Crippen molar-refractivity contribution < 1.29 is 4.74 Å². The van der Waals surface area contributed by atoms with Gasteiger partial charge < -0.3 is 10.5 Å². The third kappa shape index (κ3) is 4.03. The predicted molar refractivity (Wildman–Crippen MR) is 79.2 cm³/mol. The number of hydrogen-bond donors (Lipinski definition) is 1. The van der Waals surface area contributed by atoms with Crippen LogP contribution in [0.5, 0.6) is 0 Å². The van der Waals surface area contributed by atoms with Crippen molar-refractivity contribution in [3.05, 3.63) is 35.4 Å². The van der Waals surface area contributed by atoms with Crippen molar-refractivity contribution >= 4 is 0 Å². The van der Waals surface area contributed by atoms with E-state index in [4.69, 9.17) is 10.5 Å². The molecule has 1 aromatic carbocycles. The normalized spacial score (nSPS) is 21.3. The Labute approximate surface area is 116 Å². The van der Waals surface area contributed by atoms with Crippen LogP contribution < -0.4 is 5.73 Å². The number of benzene rings is 1. The molecular weight excluding hydrogens is 236 g/mol. The van der Waals surface area contributed by atoms with Crippen molar-refractivity contribution in [1.82, 2.24) is 4.90 Å². The first-order valence-electron chi connectivity index (χ1n) is 7.15. The number of hydrogen-bond acceptors (Lipinski definition) is 3. The van der Waals surface area contributed by atoms with Crippen LogP contribution in [-0.4, -0.2) is 36.7 Å². The lowest BCUT2D eigenvalue weighted by atomic mass is 9.99. The Hall–Kier alpha value is -0.900. The van der Waals surface area contributed by atoms with Crippen molar-refractivity contribution in [3.8, 4) is 0 Å². The highest BCUT2D eigenvalue weighted by Crippen LogP contribution is 2.21. The zero-order chi connectivity index (χ0) is 13.9. The van der Waals surface area contributed by atoms with Crippen LogP contribution in [0.25, 0.3) is 0 Å². The van der Waals surface area contributed by atoms with Crippen molar-refractivity contribution in [1.29, 1.82) is 0 Å². The molecule has 1 heterocycles. The maximum Gasteiger partial charge on any atom is 0.0753 e. The molecule has 1 aromatic rings. The van der Waals surface area contributed by atoms with Gasteiger partial charge in [-0.1, -0.05) is 24.3 Å². The summed E-state index contributed by atoms with van der Waals surface area (Å²) in [5.74, 6) is 0. The molecule has 0 radical (unpaired) electrons. The van der Waals surface area contributed by atoms with E-state index in [0.717, 1.165) is 32.7 Å². The molecule has 1 fully saturated rings. The zero-order valence-electron chi connectivity index (χ0n) is 12.4. The van der Waals surface area contributed by atoms with Gasteiger partial charge in [-0.05, 0) is 38.3 Å². The van der Waals surface area contributed by atoms with Gasteiger partial charge in [0.1, 0.15) is 0 Å². The number of rotatable bonds is 4. The first kappa shape index (κ1) is 14.5. The van der Waals surface area contributed by atoms with E-state index in [0.29, 0.717) is 0 Å². The molecule has 1 unspecified atom stereocenters. The average molecular weight is 262 g/mol. The highest BCUT2D eigenvalue weighted by atomic mass is 16.5. The molecule has 1 aliphatic heterocycles. The van der Waals surface area contributed by atoms with Crippen LogP contribution in [-0.2, 0) is 4.74 Å². The molecule has 0 aliphatic carbocycles. The van der Waals surface area contributed by atoms with Crippen LogP contribution in [0.15, 0.2) is 24.3 Å². The van der Waals surface area contributed by atoms with Gasteiger partial charge in [-0.25, -0.2) is 0 Å². The number of ether oxygens (including phenoxy) is 1. The van der Waals surface area contributed by atoms with Gasteiger partial charge in [0.2, 0.25) is 0 Å². The van der Waals surface area contributed by atoms with E-state index in [1.165, 1.54) is 11.1 Å². The molecule has 0 bridgehead atoms. The van der Waals surface area contributed by atoms with E-state index in [9.17, 15) is 0 Å². The summed E-state index contributed by atoms with van der Waals surface area (Å²) in [6, 6.07) is 8.54. The van der Waals surface area contributed by atoms with E-state index >= 15 is 0 Å². The lowest BCUT2D eigenvalue weighted by molar-refractivity contribution is -0.0863. The van der Waals surface area contributed by atoms with Gasteiger partial charge in [-0.2, -0.15) is 0 Å². The van der Waals surface area contributed by atoms with E-state index in [-0.39, 0.29) is 11.6 Å². The first-order valence-corrected chi connectivity index (χ1v) is 7.15.